The third-order valence-corrected chi connectivity index (χ3v) is 2.95. The van der Waals surface area contributed by atoms with E-state index in [0.717, 1.165) is 22.4 Å². The van der Waals surface area contributed by atoms with Gasteiger partial charge in [0, 0.05) is 12.1 Å². The molecule has 0 aliphatic heterocycles. The number of imidazole rings is 1. The number of nitrogens with zero attached hydrogens (tertiary/aromatic N) is 2. The average Bonchev–Trinajstić information content (AvgIpc) is 2.88. The molecule has 3 rings (SSSR count). The summed E-state index contributed by atoms with van der Waals surface area (Å²) in [7, 11) is 0. The molecular formula is C15H11N3O2. The Labute approximate surface area is 114 Å². The number of H-pyrrole nitrogens is 1. The van der Waals surface area contributed by atoms with E-state index in [1.807, 2.05) is 36.4 Å². The standard InChI is InChI=1S/C15H11N3O2/c19-18(20)12-8-5-11(6-9-12)7-10-15-16-13-3-1-2-4-14(13)17-15/h1-10H,(H,16,17). The van der Waals surface area contributed by atoms with Crippen molar-refractivity contribution in [3.8, 4) is 0 Å². The van der Waals surface area contributed by atoms with Crippen LogP contribution < -0.4 is 0 Å². The van der Waals surface area contributed by atoms with Gasteiger partial charge in [0.05, 0.1) is 16.0 Å². The molecule has 0 bridgehead atoms. The van der Waals surface area contributed by atoms with Crippen LogP contribution in [0.5, 0.6) is 0 Å². The summed E-state index contributed by atoms with van der Waals surface area (Å²) in [6, 6.07) is 14.2. The Morgan fingerprint density at radius 2 is 1.80 bits per heavy atom. The van der Waals surface area contributed by atoms with Gasteiger partial charge in [-0.3, -0.25) is 10.1 Å². The van der Waals surface area contributed by atoms with Crippen molar-refractivity contribution in [2.45, 2.75) is 0 Å². The third-order valence-electron chi connectivity index (χ3n) is 2.95. The maximum absolute atomic E-state index is 10.6. The molecule has 98 valence electrons. The predicted octanol–water partition coefficient (Wildman–Crippen LogP) is 3.64. The summed E-state index contributed by atoms with van der Waals surface area (Å²) in [5.41, 5.74) is 2.87. The molecule has 0 aliphatic carbocycles. The van der Waals surface area contributed by atoms with Gasteiger partial charge in [-0.05, 0) is 35.9 Å². The maximum Gasteiger partial charge on any atom is 0.269 e. The molecule has 0 amide bonds. The van der Waals surface area contributed by atoms with Crippen LogP contribution in [0, 0.1) is 10.1 Å². The van der Waals surface area contributed by atoms with Crippen LogP contribution in [0.25, 0.3) is 23.2 Å². The van der Waals surface area contributed by atoms with Crippen molar-refractivity contribution >= 4 is 28.9 Å². The van der Waals surface area contributed by atoms with Gasteiger partial charge in [-0.25, -0.2) is 4.98 Å². The summed E-state index contributed by atoms with van der Waals surface area (Å²) in [6.45, 7) is 0. The van der Waals surface area contributed by atoms with E-state index >= 15 is 0 Å². The first-order valence-corrected chi connectivity index (χ1v) is 6.10. The lowest BCUT2D eigenvalue weighted by atomic mass is 10.2. The number of aromatic nitrogens is 2. The van der Waals surface area contributed by atoms with Crippen molar-refractivity contribution < 1.29 is 4.92 Å². The number of para-hydroxylation sites is 2. The van der Waals surface area contributed by atoms with E-state index in [1.165, 1.54) is 12.1 Å². The molecule has 5 nitrogen and oxygen atoms in total. The lowest BCUT2D eigenvalue weighted by Crippen LogP contribution is -1.86. The van der Waals surface area contributed by atoms with Crippen molar-refractivity contribution in [1.29, 1.82) is 0 Å². The number of rotatable bonds is 3. The maximum atomic E-state index is 10.6. The van der Waals surface area contributed by atoms with Crippen LogP contribution in [0.1, 0.15) is 11.4 Å². The monoisotopic (exact) mass is 265 g/mol. The number of hydrogen-bond donors (Lipinski definition) is 1. The van der Waals surface area contributed by atoms with Gasteiger partial charge in [0.2, 0.25) is 0 Å². The summed E-state index contributed by atoms with van der Waals surface area (Å²) in [6.07, 6.45) is 3.71. The van der Waals surface area contributed by atoms with E-state index in [0.29, 0.717) is 0 Å². The minimum absolute atomic E-state index is 0.0888. The van der Waals surface area contributed by atoms with E-state index in [2.05, 4.69) is 9.97 Å². The molecule has 0 spiro atoms. The zero-order chi connectivity index (χ0) is 13.9. The predicted molar refractivity (Wildman–Crippen MR) is 78.1 cm³/mol. The summed E-state index contributed by atoms with van der Waals surface area (Å²) in [4.78, 5) is 17.8. The molecule has 3 aromatic rings. The fourth-order valence-electron chi connectivity index (χ4n) is 1.93. The zero-order valence-corrected chi connectivity index (χ0v) is 10.5. The van der Waals surface area contributed by atoms with Gasteiger partial charge in [0.25, 0.3) is 5.69 Å². The van der Waals surface area contributed by atoms with Gasteiger partial charge < -0.3 is 4.98 Å². The Bertz CT molecular complexity index is 755. The second-order valence-corrected chi connectivity index (χ2v) is 4.32. The second-order valence-electron chi connectivity index (χ2n) is 4.32. The number of aromatic amines is 1. The second kappa shape index (κ2) is 4.97. The van der Waals surface area contributed by atoms with E-state index in [9.17, 15) is 10.1 Å². The third kappa shape index (κ3) is 2.42. The van der Waals surface area contributed by atoms with Gasteiger partial charge in [0.1, 0.15) is 5.82 Å². The van der Waals surface area contributed by atoms with E-state index in [4.69, 9.17) is 0 Å². The molecule has 20 heavy (non-hydrogen) atoms. The van der Waals surface area contributed by atoms with Gasteiger partial charge in [0.15, 0.2) is 0 Å². The SMILES string of the molecule is O=[N+]([O-])c1ccc(C=Cc2nc3ccccc3[nH]2)cc1. The van der Waals surface area contributed by atoms with Gasteiger partial charge in [-0.2, -0.15) is 0 Å². The van der Waals surface area contributed by atoms with E-state index in [-0.39, 0.29) is 5.69 Å². The Balaban J connectivity index is 1.84. The first-order valence-electron chi connectivity index (χ1n) is 6.10. The van der Waals surface area contributed by atoms with Crippen LogP contribution in [0.2, 0.25) is 0 Å². The van der Waals surface area contributed by atoms with Crippen LogP contribution in [-0.2, 0) is 0 Å². The van der Waals surface area contributed by atoms with Crippen molar-refractivity contribution in [1.82, 2.24) is 9.97 Å². The Morgan fingerprint density at radius 1 is 1.05 bits per heavy atom. The van der Waals surface area contributed by atoms with Crippen LogP contribution >= 0.6 is 0 Å². The average molecular weight is 265 g/mol. The van der Waals surface area contributed by atoms with Crippen molar-refractivity contribution in [2.24, 2.45) is 0 Å². The molecule has 0 atom stereocenters. The fourth-order valence-corrected chi connectivity index (χ4v) is 1.93. The number of benzene rings is 2. The molecule has 0 saturated carbocycles. The fraction of sp³-hybridized carbons (Fsp3) is 0. The molecule has 0 unspecified atom stereocenters. The number of nitro benzene ring substituents is 1. The number of hydrogen-bond acceptors (Lipinski definition) is 3. The topological polar surface area (TPSA) is 71.8 Å². The molecule has 0 aliphatic rings. The summed E-state index contributed by atoms with van der Waals surface area (Å²) >= 11 is 0. The minimum atomic E-state index is -0.410. The molecule has 5 heteroatoms. The highest BCUT2D eigenvalue weighted by Crippen LogP contribution is 2.15. The number of nitro groups is 1. The highest BCUT2D eigenvalue weighted by atomic mass is 16.6. The smallest absolute Gasteiger partial charge is 0.269 e. The van der Waals surface area contributed by atoms with Crippen LogP contribution in [0.3, 0.4) is 0 Å². The van der Waals surface area contributed by atoms with Crippen LogP contribution in [0.4, 0.5) is 5.69 Å². The lowest BCUT2D eigenvalue weighted by Gasteiger charge is -1.93. The van der Waals surface area contributed by atoms with Crippen LogP contribution in [0.15, 0.2) is 48.5 Å². The Morgan fingerprint density at radius 3 is 2.50 bits per heavy atom. The lowest BCUT2D eigenvalue weighted by molar-refractivity contribution is -0.384. The first kappa shape index (κ1) is 12.1. The molecule has 1 N–H and O–H groups in total. The normalized spacial score (nSPS) is 11.2. The quantitative estimate of drug-likeness (QED) is 0.580. The zero-order valence-electron chi connectivity index (χ0n) is 10.5. The summed E-state index contributed by atoms with van der Waals surface area (Å²) in [5.74, 6) is 0.754. The van der Waals surface area contributed by atoms with Crippen molar-refractivity contribution in [3.63, 3.8) is 0 Å². The van der Waals surface area contributed by atoms with Gasteiger partial charge in [-0.15, -0.1) is 0 Å². The minimum Gasteiger partial charge on any atom is -0.338 e. The van der Waals surface area contributed by atoms with Crippen molar-refractivity contribution in [3.05, 3.63) is 70.0 Å². The highest BCUT2D eigenvalue weighted by molar-refractivity contribution is 5.78. The molecule has 0 fully saturated rings. The molecule has 1 aromatic heterocycles. The number of non-ortho nitro benzene ring substituents is 1. The van der Waals surface area contributed by atoms with Crippen LogP contribution in [-0.4, -0.2) is 14.9 Å². The largest absolute Gasteiger partial charge is 0.338 e. The molecule has 0 saturated heterocycles. The van der Waals surface area contributed by atoms with Gasteiger partial charge >= 0.3 is 0 Å². The first-order chi connectivity index (χ1) is 9.72. The van der Waals surface area contributed by atoms with E-state index in [1.54, 1.807) is 12.1 Å². The molecule has 1 heterocycles. The Hall–Kier alpha value is -2.95. The molecular weight excluding hydrogens is 254 g/mol. The number of fused-ring (bicyclic) bond motifs is 1. The molecule has 2 aromatic carbocycles. The number of nitrogens with one attached hydrogen (secondary N) is 1. The summed E-state index contributed by atoms with van der Waals surface area (Å²) < 4.78 is 0. The molecule has 0 radical (unpaired) electrons. The Kier molecular flexibility index (Phi) is 3.01. The van der Waals surface area contributed by atoms with E-state index < -0.39 is 4.92 Å². The van der Waals surface area contributed by atoms with Crippen molar-refractivity contribution in [2.75, 3.05) is 0 Å². The highest BCUT2D eigenvalue weighted by Gasteiger charge is 2.02. The summed E-state index contributed by atoms with van der Waals surface area (Å²) in [5, 5.41) is 10.6. The van der Waals surface area contributed by atoms with Gasteiger partial charge in [-0.1, -0.05) is 18.2 Å².